The van der Waals surface area contributed by atoms with E-state index < -0.39 is 44.9 Å². The number of hydrogen-bond acceptors (Lipinski definition) is 5. The predicted molar refractivity (Wildman–Crippen MR) is 123 cm³/mol. The monoisotopic (exact) mass is 542 g/mol. The fourth-order valence-electron chi connectivity index (χ4n) is 2.89. The first-order valence-electron chi connectivity index (χ1n) is 9.79. The van der Waals surface area contributed by atoms with E-state index in [-0.39, 0.29) is 22.2 Å². The predicted octanol–water partition coefficient (Wildman–Crippen LogP) is 5.60. The van der Waals surface area contributed by atoms with Crippen LogP contribution in [-0.4, -0.2) is 37.3 Å². The lowest BCUT2D eigenvalue weighted by molar-refractivity contribution is -0.0429. The number of carbonyl (C=O) groups is 1. The number of anilines is 1. The summed E-state index contributed by atoms with van der Waals surface area (Å²) in [6.07, 6.45) is -2.14. The Labute approximate surface area is 205 Å². The first kappa shape index (κ1) is 28.0. The molecule has 2 unspecified atom stereocenters. The maximum absolute atomic E-state index is 12.7. The lowest BCUT2D eigenvalue weighted by Gasteiger charge is -2.26. The Kier molecular flexibility index (Phi) is 8.73. The van der Waals surface area contributed by atoms with Crippen molar-refractivity contribution in [3.05, 3.63) is 63.6 Å². The van der Waals surface area contributed by atoms with Crippen molar-refractivity contribution in [3.63, 3.8) is 0 Å². The van der Waals surface area contributed by atoms with Crippen molar-refractivity contribution >= 4 is 45.0 Å². The van der Waals surface area contributed by atoms with Gasteiger partial charge >= 0.3 is 21.6 Å². The van der Waals surface area contributed by atoms with Gasteiger partial charge in [-0.3, -0.25) is 4.72 Å². The molecule has 0 aliphatic rings. The number of rotatable bonds is 7. The number of sulfonamides is 1. The molecule has 0 aliphatic heterocycles. The molecule has 0 bridgehead atoms. The van der Waals surface area contributed by atoms with Crippen molar-refractivity contribution in [1.29, 1.82) is 0 Å². The van der Waals surface area contributed by atoms with E-state index in [4.69, 9.17) is 27.9 Å². The van der Waals surface area contributed by atoms with E-state index in [1.807, 2.05) is 0 Å². The van der Waals surface area contributed by atoms with Gasteiger partial charge in [0.05, 0.1) is 16.1 Å². The van der Waals surface area contributed by atoms with E-state index in [9.17, 15) is 31.5 Å². The van der Waals surface area contributed by atoms with Crippen LogP contribution < -0.4 is 10.0 Å². The van der Waals surface area contributed by atoms with E-state index in [0.29, 0.717) is 5.56 Å². The zero-order valence-corrected chi connectivity index (χ0v) is 20.6. The van der Waals surface area contributed by atoms with Gasteiger partial charge in [-0.15, -0.1) is 0 Å². The zero-order chi connectivity index (χ0) is 25.9. The Morgan fingerprint density at radius 2 is 1.71 bits per heavy atom. The average molecular weight is 543 g/mol. The van der Waals surface area contributed by atoms with Crippen molar-refractivity contribution in [1.82, 2.24) is 5.32 Å². The largest absolute Gasteiger partial charge is 0.516 e. The van der Waals surface area contributed by atoms with Crippen LogP contribution in [0, 0.1) is 0 Å². The summed E-state index contributed by atoms with van der Waals surface area (Å²) in [6.45, 7) is 4.87. The van der Waals surface area contributed by atoms with Gasteiger partial charge in [0.15, 0.2) is 0 Å². The van der Waals surface area contributed by atoms with Gasteiger partial charge in [0.1, 0.15) is 5.60 Å². The number of halogens is 5. The molecule has 0 saturated heterocycles. The van der Waals surface area contributed by atoms with Gasteiger partial charge in [-0.25, -0.2) is 4.79 Å². The van der Waals surface area contributed by atoms with Crippen LogP contribution in [0.25, 0.3) is 0 Å². The number of carbonyl (C=O) groups excluding carboxylic acids is 1. The number of nitrogens with one attached hydrogen (secondary N) is 2. The summed E-state index contributed by atoms with van der Waals surface area (Å²) >= 11 is 12.1. The van der Waals surface area contributed by atoms with Crippen LogP contribution in [0.2, 0.25) is 10.0 Å². The second-order valence-electron chi connectivity index (χ2n) is 8.28. The van der Waals surface area contributed by atoms with Crippen LogP contribution in [0.15, 0.2) is 42.5 Å². The molecule has 1 amide bonds. The maximum Gasteiger partial charge on any atom is 0.516 e. The maximum atomic E-state index is 12.7. The smallest absolute Gasteiger partial charge is 0.444 e. The molecule has 7 nitrogen and oxygen atoms in total. The quantitative estimate of drug-likeness (QED) is 0.422. The molecule has 0 aromatic heterocycles. The molecule has 2 atom stereocenters. The minimum Gasteiger partial charge on any atom is -0.444 e. The first-order valence-corrected chi connectivity index (χ1v) is 12.0. The van der Waals surface area contributed by atoms with E-state index in [1.54, 1.807) is 26.8 Å². The van der Waals surface area contributed by atoms with Crippen LogP contribution in [0.5, 0.6) is 0 Å². The lowest BCUT2D eigenvalue weighted by atomic mass is 9.89. The summed E-state index contributed by atoms with van der Waals surface area (Å²) in [4.78, 5) is 12.1. The van der Waals surface area contributed by atoms with Gasteiger partial charge in [-0.2, -0.15) is 21.6 Å². The number of ether oxygens (including phenoxy) is 1. The fraction of sp³-hybridized carbons (Fsp3) is 0.381. The van der Waals surface area contributed by atoms with Crippen LogP contribution in [-0.2, 0) is 14.8 Å². The van der Waals surface area contributed by atoms with E-state index >= 15 is 0 Å². The average Bonchev–Trinajstić information content (AvgIpc) is 2.68. The molecule has 0 radical (unpaired) electrons. The topological polar surface area (TPSA) is 105 Å². The Balaban J connectivity index is 2.36. The summed E-state index contributed by atoms with van der Waals surface area (Å²) in [5, 5.41) is 14.0. The second kappa shape index (κ2) is 10.6. The number of alkyl halides is 3. The van der Waals surface area contributed by atoms with E-state index in [2.05, 4.69) is 5.32 Å². The molecule has 3 N–H and O–H groups in total. The van der Waals surface area contributed by atoms with Crippen LogP contribution in [0.3, 0.4) is 0 Å². The molecule has 188 valence electrons. The van der Waals surface area contributed by atoms with Gasteiger partial charge in [-0.1, -0.05) is 41.4 Å². The third-order valence-electron chi connectivity index (χ3n) is 4.40. The van der Waals surface area contributed by atoms with E-state index in [1.165, 1.54) is 29.0 Å². The van der Waals surface area contributed by atoms with Crippen LogP contribution in [0.4, 0.5) is 23.7 Å². The zero-order valence-electron chi connectivity index (χ0n) is 18.3. The van der Waals surface area contributed by atoms with Crippen molar-refractivity contribution in [3.8, 4) is 0 Å². The van der Waals surface area contributed by atoms with Gasteiger partial charge in [0.25, 0.3) is 0 Å². The number of hydrogen-bond donors (Lipinski definition) is 3. The summed E-state index contributed by atoms with van der Waals surface area (Å²) in [6, 6.07) is 9.37. The molecule has 13 heteroatoms. The molecule has 0 aliphatic carbocycles. The highest BCUT2D eigenvalue weighted by Gasteiger charge is 2.46. The highest BCUT2D eigenvalue weighted by Crippen LogP contribution is 2.35. The molecule has 2 aromatic carbocycles. The van der Waals surface area contributed by atoms with Crippen LogP contribution in [0.1, 0.15) is 43.9 Å². The van der Waals surface area contributed by atoms with Gasteiger partial charge in [0, 0.05) is 18.2 Å². The van der Waals surface area contributed by atoms with E-state index in [0.717, 1.165) is 12.1 Å². The molecule has 0 spiro atoms. The molecular formula is C21H23Cl2F3N2O5S. The number of aliphatic hydroxyl groups is 1. The lowest BCUT2D eigenvalue weighted by Crippen LogP contribution is -2.36. The third-order valence-corrected chi connectivity index (χ3v) is 6.26. The number of alkyl carbamates (subject to hydrolysis) is 1. The highest BCUT2D eigenvalue weighted by molar-refractivity contribution is 7.93. The minimum absolute atomic E-state index is 0.0874. The summed E-state index contributed by atoms with van der Waals surface area (Å²) in [5.41, 5.74) is -6.14. The number of amides is 1. The second-order valence-corrected chi connectivity index (χ2v) is 10.8. The first-order chi connectivity index (χ1) is 15.5. The van der Waals surface area contributed by atoms with Gasteiger partial charge in [0.2, 0.25) is 0 Å². The number of benzene rings is 2. The standard InChI is InChI=1S/C21H23Cl2F3N2O5S/c1-20(2,3)33-19(30)27-11-15(12-7-8-16(22)17(23)10-12)18(29)13-5-4-6-14(9-13)28-34(31,32)21(24,25)26/h4-10,15,18,28-29H,11H2,1-3H3,(H,27,30). The van der Waals surface area contributed by atoms with Crippen molar-refractivity contribution in [2.45, 2.75) is 43.9 Å². The number of aliphatic hydroxyl groups excluding tert-OH is 1. The summed E-state index contributed by atoms with van der Waals surface area (Å²) < 4.78 is 67.6. The van der Waals surface area contributed by atoms with Crippen molar-refractivity contribution in [2.75, 3.05) is 11.3 Å². The Bertz CT molecular complexity index is 1140. The molecule has 34 heavy (non-hydrogen) atoms. The fourth-order valence-corrected chi connectivity index (χ4v) is 3.75. The molecule has 0 saturated carbocycles. The highest BCUT2D eigenvalue weighted by atomic mass is 35.5. The van der Waals surface area contributed by atoms with Crippen LogP contribution >= 0.6 is 23.2 Å². The van der Waals surface area contributed by atoms with Crippen molar-refractivity contribution in [2.24, 2.45) is 0 Å². The normalized spacial score (nSPS) is 14.3. The van der Waals surface area contributed by atoms with Gasteiger partial charge < -0.3 is 15.2 Å². The third kappa shape index (κ3) is 7.66. The Morgan fingerprint density at radius 1 is 1.06 bits per heavy atom. The molecule has 2 aromatic rings. The molecular weight excluding hydrogens is 520 g/mol. The molecule has 0 fully saturated rings. The Morgan fingerprint density at radius 3 is 2.26 bits per heavy atom. The summed E-state index contributed by atoms with van der Waals surface area (Å²) in [5.74, 6) is -0.850. The van der Waals surface area contributed by atoms with Gasteiger partial charge in [-0.05, 0) is 56.2 Å². The summed E-state index contributed by atoms with van der Waals surface area (Å²) in [7, 11) is -5.65. The van der Waals surface area contributed by atoms with Crippen molar-refractivity contribution < 1.29 is 36.2 Å². The minimum atomic E-state index is -5.65. The molecule has 0 heterocycles. The molecule has 2 rings (SSSR count). The SMILES string of the molecule is CC(C)(C)OC(=O)NCC(c1ccc(Cl)c(Cl)c1)C(O)c1cccc(NS(=O)(=O)C(F)(F)F)c1. The Hall–Kier alpha value is -2.21.